The lowest BCUT2D eigenvalue weighted by Gasteiger charge is -2.04. The molecule has 0 bridgehead atoms. The van der Waals surface area contributed by atoms with Gasteiger partial charge in [-0.3, -0.25) is 9.59 Å². The number of hydrogen-bond acceptors (Lipinski definition) is 2. The van der Waals surface area contributed by atoms with Crippen molar-refractivity contribution in [1.82, 2.24) is 0 Å². The lowest BCUT2D eigenvalue weighted by molar-refractivity contribution is 0.0999. The summed E-state index contributed by atoms with van der Waals surface area (Å²) in [6.45, 7) is 0. The highest BCUT2D eigenvalue weighted by Gasteiger charge is 2.14. The Balaban J connectivity index is 3.42. The molecule has 0 unspecified atom stereocenters. The minimum Gasteiger partial charge on any atom is -0.366 e. The quantitative estimate of drug-likeness (QED) is 0.803. The van der Waals surface area contributed by atoms with Gasteiger partial charge in [-0.2, -0.15) is 0 Å². The topological polar surface area (TPSA) is 86.2 Å². The Labute approximate surface area is 89.8 Å². The molecule has 1 aromatic rings. The van der Waals surface area contributed by atoms with Gasteiger partial charge in [-0.1, -0.05) is 23.2 Å². The molecule has 0 aliphatic heterocycles. The van der Waals surface area contributed by atoms with Crippen molar-refractivity contribution < 1.29 is 9.59 Å². The molecular formula is C8H6Cl2N2O2. The number of rotatable bonds is 2. The number of primary amides is 2. The van der Waals surface area contributed by atoms with Gasteiger partial charge in [0.1, 0.15) is 0 Å². The smallest absolute Gasteiger partial charge is 0.250 e. The van der Waals surface area contributed by atoms with E-state index < -0.39 is 11.8 Å². The van der Waals surface area contributed by atoms with E-state index in [1.165, 1.54) is 12.1 Å². The van der Waals surface area contributed by atoms with E-state index in [9.17, 15) is 9.59 Å². The predicted octanol–water partition coefficient (Wildman–Crippen LogP) is 1.19. The first kappa shape index (κ1) is 10.8. The second-order valence-electron chi connectivity index (χ2n) is 2.54. The van der Waals surface area contributed by atoms with Gasteiger partial charge in [0.05, 0.1) is 21.2 Å². The van der Waals surface area contributed by atoms with E-state index in [4.69, 9.17) is 34.7 Å². The predicted molar refractivity (Wildman–Crippen MR) is 53.5 cm³/mol. The minimum atomic E-state index is -0.742. The number of halogens is 2. The Morgan fingerprint density at radius 2 is 1.29 bits per heavy atom. The number of carbonyl (C=O) groups excluding carboxylic acids is 2. The fraction of sp³-hybridized carbons (Fsp3) is 0. The van der Waals surface area contributed by atoms with Crippen LogP contribution in [-0.4, -0.2) is 11.8 Å². The van der Waals surface area contributed by atoms with Crippen molar-refractivity contribution >= 4 is 35.0 Å². The lowest BCUT2D eigenvalue weighted by atomic mass is 10.1. The van der Waals surface area contributed by atoms with Crippen molar-refractivity contribution in [2.24, 2.45) is 11.5 Å². The molecule has 74 valence electrons. The molecule has 1 rings (SSSR count). The van der Waals surface area contributed by atoms with Gasteiger partial charge in [0.2, 0.25) is 11.8 Å². The van der Waals surface area contributed by atoms with E-state index in [2.05, 4.69) is 0 Å². The normalized spacial score (nSPS) is 9.86. The third kappa shape index (κ3) is 1.97. The van der Waals surface area contributed by atoms with Gasteiger partial charge in [0, 0.05) is 0 Å². The summed E-state index contributed by atoms with van der Waals surface area (Å²) in [6.07, 6.45) is 0. The van der Waals surface area contributed by atoms with Crippen molar-refractivity contribution in [3.63, 3.8) is 0 Å². The van der Waals surface area contributed by atoms with E-state index >= 15 is 0 Å². The molecular weight excluding hydrogens is 227 g/mol. The third-order valence-electron chi connectivity index (χ3n) is 1.59. The Morgan fingerprint density at radius 1 is 0.929 bits per heavy atom. The fourth-order valence-electron chi connectivity index (χ4n) is 0.927. The Hall–Kier alpha value is -1.26. The molecule has 6 heteroatoms. The summed E-state index contributed by atoms with van der Waals surface area (Å²) < 4.78 is 0. The van der Waals surface area contributed by atoms with Crippen LogP contribution in [0.4, 0.5) is 0 Å². The molecule has 1 aromatic carbocycles. The van der Waals surface area contributed by atoms with Gasteiger partial charge >= 0.3 is 0 Å². The maximum absolute atomic E-state index is 10.9. The molecule has 4 nitrogen and oxygen atoms in total. The second-order valence-corrected chi connectivity index (χ2v) is 3.35. The van der Waals surface area contributed by atoms with E-state index in [-0.39, 0.29) is 21.2 Å². The lowest BCUT2D eigenvalue weighted by Crippen LogP contribution is -2.16. The first-order valence-corrected chi connectivity index (χ1v) is 4.27. The van der Waals surface area contributed by atoms with Gasteiger partial charge < -0.3 is 11.5 Å². The standard InChI is InChI=1S/C8H6Cl2N2O2/c9-5-2-6(10)4(8(12)14)1-3(5)7(11)13/h1-2H,(H2,11,13)(H2,12,14). The van der Waals surface area contributed by atoms with Crippen molar-refractivity contribution in [3.8, 4) is 0 Å². The molecule has 0 saturated heterocycles. The van der Waals surface area contributed by atoms with E-state index in [1.54, 1.807) is 0 Å². The van der Waals surface area contributed by atoms with Crippen LogP contribution in [0.3, 0.4) is 0 Å². The zero-order valence-corrected chi connectivity index (χ0v) is 8.39. The van der Waals surface area contributed by atoms with Crippen LogP contribution in [0.25, 0.3) is 0 Å². The van der Waals surface area contributed by atoms with Crippen molar-refractivity contribution in [2.45, 2.75) is 0 Å². The molecule has 0 saturated carbocycles. The summed E-state index contributed by atoms with van der Waals surface area (Å²) in [5.74, 6) is -1.48. The second kappa shape index (κ2) is 3.86. The van der Waals surface area contributed by atoms with Crippen LogP contribution in [0.5, 0.6) is 0 Å². The maximum Gasteiger partial charge on any atom is 0.250 e. The molecule has 14 heavy (non-hydrogen) atoms. The Morgan fingerprint density at radius 3 is 1.57 bits per heavy atom. The molecule has 0 aromatic heterocycles. The summed E-state index contributed by atoms with van der Waals surface area (Å²) in [4.78, 5) is 21.7. The van der Waals surface area contributed by atoms with Crippen molar-refractivity contribution in [3.05, 3.63) is 33.3 Å². The third-order valence-corrected chi connectivity index (χ3v) is 2.21. The van der Waals surface area contributed by atoms with E-state index in [0.29, 0.717) is 0 Å². The van der Waals surface area contributed by atoms with Gasteiger partial charge in [0.25, 0.3) is 0 Å². The van der Waals surface area contributed by atoms with Gasteiger partial charge in [-0.05, 0) is 12.1 Å². The fourth-order valence-corrected chi connectivity index (χ4v) is 1.50. The highest BCUT2D eigenvalue weighted by molar-refractivity contribution is 6.38. The zero-order chi connectivity index (χ0) is 10.9. The molecule has 0 radical (unpaired) electrons. The van der Waals surface area contributed by atoms with Crippen LogP contribution in [-0.2, 0) is 0 Å². The van der Waals surface area contributed by atoms with Crippen LogP contribution in [0.1, 0.15) is 20.7 Å². The SMILES string of the molecule is NC(=O)c1cc(C(N)=O)c(Cl)cc1Cl. The highest BCUT2D eigenvalue weighted by Crippen LogP contribution is 2.24. The first-order valence-electron chi connectivity index (χ1n) is 3.52. The highest BCUT2D eigenvalue weighted by atomic mass is 35.5. The van der Waals surface area contributed by atoms with E-state index in [1.807, 2.05) is 0 Å². The largest absolute Gasteiger partial charge is 0.366 e. The van der Waals surface area contributed by atoms with Crippen molar-refractivity contribution in [2.75, 3.05) is 0 Å². The first-order chi connectivity index (χ1) is 6.43. The average Bonchev–Trinajstić information content (AvgIpc) is 2.02. The zero-order valence-electron chi connectivity index (χ0n) is 6.88. The van der Waals surface area contributed by atoms with E-state index in [0.717, 1.165) is 0 Å². The summed E-state index contributed by atoms with van der Waals surface area (Å²) >= 11 is 11.3. The van der Waals surface area contributed by atoms with Crippen LogP contribution in [0.15, 0.2) is 12.1 Å². The number of benzene rings is 1. The molecule has 0 heterocycles. The molecule has 0 fully saturated rings. The number of hydrogen-bond donors (Lipinski definition) is 2. The average molecular weight is 233 g/mol. The molecule has 0 aliphatic carbocycles. The molecule has 2 amide bonds. The number of amides is 2. The minimum absolute atomic E-state index is 0.0184. The molecule has 0 atom stereocenters. The summed E-state index contributed by atoms with van der Waals surface area (Å²) in [5, 5.41) is 0.181. The monoisotopic (exact) mass is 232 g/mol. The van der Waals surface area contributed by atoms with Crippen LogP contribution < -0.4 is 11.5 Å². The summed E-state index contributed by atoms with van der Waals surface area (Å²) in [5.41, 5.74) is 10.1. The van der Waals surface area contributed by atoms with Crippen LogP contribution in [0.2, 0.25) is 10.0 Å². The Kier molecular flexibility index (Phi) is 2.98. The maximum atomic E-state index is 10.9. The number of nitrogens with two attached hydrogens (primary N) is 2. The number of carbonyl (C=O) groups is 2. The summed E-state index contributed by atoms with van der Waals surface area (Å²) in [6, 6.07) is 2.43. The van der Waals surface area contributed by atoms with Gasteiger partial charge in [-0.25, -0.2) is 0 Å². The molecule has 0 aliphatic rings. The van der Waals surface area contributed by atoms with Crippen LogP contribution in [0, 0.1) is 0 Å². The van der Waals surface area contributed by atoms with Gasteiger partial charge in [0.15, 0.2) is 0 Å². The Bertz CT molecular complexity index is 383. The van der Waals surface area contributed by atoms with Crippen molar-refractivity contribution in [1.29, 1.82) is 0 Å². The molecule has 0 spiro atoms. The summed E-state index contributed by atoms with van der Waals surface area (Å²) in [7, 11) is 0. The van der Waals surface area contributed by atoms with Gasteiger partial charge in [-0.15, -0.1) is 0 Å². The molecule has 4 N–H and O–H groups in total. The van der Waals surface area contributed by atoms with Crippen LogP contribution >= 0.6 is 23.2 Å².